The third kappa shape index (κ3) is 3.21. The van der Waals surface area contributed by atoms with Crippen LogP contribution >= 0.6 is 0 Å². The van der Waals surface area contributed by atoms with Gasteiger partial charge in [-0.3, -0.25) is 4.79 Å². The molecule has 0 unspecified atom stereocenters. The highest BCUT2D eigenvalue weighted by Crippen LogP contribution is 2.21. The number of primary amides is 1. The number of amides is 1. The number of carbonyl (C=O) groups excluding carboxylic acids is 2. The first-order chi connectivity index (χ1) is 12.0. The van der Waals surface area contributed by atoms with E-state index in [-0.39, 0.29) is 5.69 Å². The van der Waals surface area contributed by atoms with Crippen molar-refractivity contribution in [3.8, 4) is 11.3 Å². The SMILES string of the molecule is CCOC(=O)c1cc(CC)n2nc(-c3ccc(C(N)=O)cc3)cc2n1. The van der Waals surface area contributed by atoms with Crippen LogP contribution in [-0.2, 0) is 11.2 Å². The van der Waals surface area contributed by atoms with Crippen molar-refractivity contribution in [1.29, 1.82) is 0 Å². The predicted molar refractivity (Wildman–Crippen MR) is 92.3 cm³/mol. The monoisotopic (exact) mass is 338 g/mol. The zero-order valence-electron chi connectivity index (χ0n) is 14.0. The van der Waals surface area contributed by atoms with Crippen LogP contribution in [0.1, 0.15) is 40.4 Å². The number of fused-ring (bicyclic) bond motifs is 1. The van der Waals surface area contributed by atoms with E-state index in [2.05, 4.69) is 10.1 Å². The van der Waals surface area contributed by atoms with Crippen LogP contribution in [-0.4, -0.2) is 33.1 Å². The molecule has 128 valence electrons. The summed E-state index contributed by atoms with van der Waals surface area (Å²) < 4.78 is 6.74. The maximum absolute atomic E-state index is 12.0. The molecule has 0 atom stereocenters. The molecule has 2 aromatic heterocycles. The maximum Gasteiger partial charge on any atom is 0.357 e. The first-order valence-electron chi connectivity index (χ1n) is 8.00. The van der Waals surface area contributed by atoms with Crippen LogP contribution in [0.2, 0.25) is 0 Å². The number of esters is 1. The summed E-state index contributed by atoms with van der Waals surface area (Å²) in [4.78, 5) is 27.5. The lowest BCUT2D eigenvalue weighted by molar-refractivity contribution is 0.0519. The number of rotatable bonds is 5. The van der Waals surface area contributed by atoms with E-state index >= 15 is 0 Å². The normalized spacial score (nSPS) is 10.8. The zero-order valence-corrected chi connectivity index (χ0v) is 14.0. The Hall–Kier alpha value is -3.22. The van der Waals surface area contributed by atoms with Crippen molar-refractivity contribution in [3.63, 3.8) is 0 Å². The van der Waals surface area contributed by atoms with Crippen molar-refractivity contribution in [1.82, 2.24) is 14.6 Å². The van der Waals surface area contributed by atoms with E-state index in [1.54, 1.807) is 47.8 Å². The molecule has 3 rings (SSSR count). The third-order valence-corrected chi connectivity index (χ3v) is 3.81. The molecule has 2 N–H and O–H groups in total. The van der Waals surface area contributed by atoms with Gasteiger partial charge in [-0.2, -0.15) is 5.10 Å². The Kier molecular flexibility index (Phi) is 4.47. The van der Waals surface area contributed by atoms with Crippen LogP contribution < -0.4 is 5.73 Å². The van der Waals surface area contributed by atoms with Crippen molar-refractivity contribution >= 4 is 17.5 Å². The molecule has 3 aromatic rings. The number of hydrogen-bond donors (Lipinski definition) is 1. The number of aromatic nitrogens is 3. The van der Waals surface area contributed by atoms with Crippen LogP contribution in [0.25, 0.3) is 16.9 Å². The quantitative estimate of drug-likeness (QED) is 0.719. The smallest absolute Gasteiger partial charge is 0.357 e. The molecule has 7 nitrogen and oxygen atoms in total. The summed E-state index contributed by atoms with van der Waals surface area (Å²) in [5, 5.41) is 4.56. The Morgan fingerprint density at radius 2 is 1.88 bits per heavy atom. The molecular formula is C18H18N4O3. The molecule has 0 saturated carbocycles. The van der Waals surface area contributed by atoms with Gasteiger partial charge < -0.3 is 10.5 Å². The van der Waals surface area contributed by atoms with E-state index in [9.17, 15) is 9.59 Å². The predicted octanol–water partition coefficient (Wildman–Crippen LogP) is 2.23. The van der Waals surface area contributed by atoms with Crippen LogP contribution in [0.4, 0.5) is 0 Å². The molecule has 0 spiro atoms. The van der Waals surface area contributed by atoms with Gasteiger partial charge in [0.05, 0.1) is 12.3 Å². The van der Waals surface area contributed by atoms with Gasteiger partial charge >= 0.3 is 5.97 Å². The lowest BCUT2D eigenvalue weighted by Crippen LogP contribution is -2.10. The Morgan fingerprint density at radius 3 is 2.48 bits per heavy atom. The second-order valence-corrected chi connectivity index (χ2v) is 5.45. The van der Waals surface area contributed by atoms with Gasteiger partial charge in [-0.25, -0.2) is 14.3 Å². The summed E-state index contributed by atoms with van der Waals surface area (Å²) in [6, 6.07) is 10.3. The first-order valence-corrected chi connectivity index (χ1v) is 8.00. The van der Waals surface area contributed by atoms with E-state index in [0.717, 1.165) is 11.3 Å². The highest BCUT2D eigenvalue weighted by Gasteiger charge is 2.15. The van der Waals surface area contributed by atoms with Gasteiger partial charge in [0.2, 0.25) is 5.91 Å². The van der Waals surface area contributed by atoms with Crippen molar-refractivity contribution in [2.45, 2.75) is 20.3 Å². The molecule has 0 aliphatic rings. The highest BCUT2D eigenvalue weighted by atomic mass is 16.5. The lowest BCUT2D eigenvalue weighted by atomic mass is 10.1. The number of nitrogens with zero attached hydrogens (tertiary/aromatic N) is 3. The Morgan fingerprint density at radius 1 is 1.16 bits per heavy atom. The minimum absolute atomic E-state index is 0.265. The average molecular weight is 338 g/mol. The minimum Gasteiger partial charge on any atom is -0.461 e. The largest absolute Gasteiger partial charge is 0.461 e. The molecule has 0 aliphatic carbocycles. The van der Waals surface area contributed by atoms with Crippen LogP contribution in [0, 0.1) is 0 Å². The van der Waals surface area contributed by atoms with Gasteiger partial charge in [-0.1, -0.05) is 19.1 Å². The van der Waals surface area contributed by atoms with E-state index in [1.165, 1.54) is 0 Å². The Bertz CT molecular complexity index is 945. The molecule has 1 aromatic carbocycles. The molecule has 0 fully saturated rings. The molecule has 0 saturated heterocycles. The average Bonchev–Trinajstić information content (AvgIpc) is 3.05. The number of hydrogen-bond acceptors (Lipinski definition) is 5. The van der Waals surface area contributed by atoms with E-state index in [0.29, 0.717) is 29.9 Å². The topological polar surface area (TPSA) is 99.6 Å². The number of benzene rings is 1. The van der Waals surface area contributed by atoms with Gasteiger partial charge in [-0.15, -0.1) is 0 Å². The molecular weight excluding hydrogens is 320 g/mol. The second-order valence-electron chi connectivity index (χ2n) is 5.45. The molecule has 2 heterocycles. The molecule has 0 aliphatic heterocycles. The zero-order chi connectivity index (χ0) is 18.0. The third-order valence-electron chi connectivity index (χ3n) is 3.81. The summed E-state index contributed by atoms with van der Waals surface area (Å²) in [5.74, 6) is -0.927. The van der Waals surface area contributed by atoms with Crippen molar-refractivity contribution in [2.24, 2.45) is 5.73 Å². The summed E-state index contributed by atoms with van der Waals surface area (Å²) in [5.41, 5.74) is 8.90. The standard InChI is InChI=1S/C18H18N4O3/c1-3-13-9-15(18(24)25-4-2)20-16-10-14(21-22(13)16)11-5-7-12(8-6-11)17(19)23/h5-10H,3-4H2,1-2H3,(H2,19,23). The van der Waals surface area contributed by atoms with Crippen molar-refractivity contribution in [2.75, 3.05) is 6.61 Å². The summed E-state index contributed by atoms with van der Waals surface area (Å²) in [6.45, 7) is 4.03. The van der Waals surface area contributed by atoms with Crippen LogP contribution in [0.15, 0.2) is 36.4 Å². The first kappa shape index (κ1) is 16.6. The minimum atomic E-state index is -0.476. The fourth-order valence-corrected chi connectivity index (χ4v) is 2.54. The molecule has 0 radical (unpaired) electrons. The van der Waals surface area contributed by atoms with Crippen LogP contribution in [0.5, 0.6) is 0 Å². The molecule has 7 heteroatoms. The summed E-state index contributed by atoms with van der Waals surface area (Å²) >= 11 is 0. The molecule has 25 heavy (non-hydrogen) atoms. The number of aryl methyl sites for hydroxylation is 1. The van der Waals surface area contributed by atoms with Gasteiger partial charge in [-0.05, 0) is 31.5 Å². The Balaban J connectivity index is 2.06. The van der Waals surface area contributed by atoms with Gasteiger partial charge in [0.1, 0.15) is 0 Å². The number of ether oxygens (including phenoxy) is 1. The fraction of sp³-hybridized carbons (Fsp3) is 0.222. The number of nitrogens with two attached hydrogens (primary N) is 1. The van der Waals surface area contributed by atoms with E-state index in [4.69, 9.17) is 10.5 Å². The Labute approximate surface area is 144 Å². The van der Waals surface area contributed by atoms with Gasteiger partial charge in [0.25, 0.3) is 0 Å². The van der Waals surface area contributed by atoms with Crippen molar-refractivity contribution < 1.29 is 14.3 Å². The molecule has 0 bridgehead atoms. The summed E-state index contributed by atoms with van der Waals surface area (Å²) in [7, 11) is 0. The van der Waals surface area contributed by atoms with Gasteiger partial charge in [0.15, 0.2) is 11.3 Å². The highest BCUT2D eigenvalue weighted by molar-refractivity contribution is 5.93. The lowest BCUT2D eigenvalue weighted by Gasteiger charge is -2.05. The maximum atomic E-state index is 12.0. The summed E-state index contributed by atoms with van der Waals surface area (Å²) in [6.07, 6.45) is 0.688. The fourth-order valence-electron chi connectivity index (χ4n) is 2.54. The van der Waals surface area contributed by atoms with E-state index < -0.39 is 11.9 Å². The van der Waals surface area contributed by atoms with Crippen LogP contribution in [0.3, 0.4) is 0 Å². The number of carbonyl (C=O) groups is 2. The van der Waals surface area contributed by atoms with Crippen molar-refractivity contribution in [3.05, 3.63) is 53.3 Å². The second kappa shape index (κ2) is 6.72. The van der Waals surface area contributed by atoms with E-state index in [1.807, 2.05) is 6.92 Å². The molecule has 1 amide bonds. The van der Waals surface area contributed by atoms with Gasteiger partial charge in [0, 0.05) is 22.9 Å².